The molecule has 1 fully saturated rings. The van der Waals surface area contributed by atoms with Gasteiger partial charge in [0.2, 0.25) is 5.91 Å². The molecule has 0 bridgehead atoms. The second kappa shape index (κ2) is 7.76. The Balaban J connectivity index is 1.75. The Morgan fingerprint density at radius 3 is 2.44 bits per heavy atom. The lowest BCUT2D eigenvalue weighted by molar-refractivity contribution is -0.135. The lowest BCUT2D eigenvalue weighted by atomic mass is 9.95. The molecule has 2 aromatic rings. The molecule has 2 aromatic carbocycles. The molecule has 1 amide bonds. The predicted molar refractivity (Wildman–Crippen MR) is 99.9 cm³/mol. The summed E-state index contributed by atoms with van der Waals surface area (Å²) >= 11 is 5.23. The van der Waals surface area contributed by atoms with Crippen LogP contribution in [0, 0.1) is 5.92 Å². The molecule has 1 N–H and O–H groups in total. The van der Waals surface area contributed by atoms with Gasteiger partial charge in [0.15, 0.2) is 0 Å². The van der Waals surface area contributed by atoms with Gasteiger partial charge in [-0.05, 0) is 29.8 Å². The summed E-state index contributed by atoms with van der Waals surface area (Å²) in [6.07, 6.45) is -0.213. The first-order valence-corrected chi connectivity index (χ1v) is 8.75. The van der Waals surface area contributed by atoms with Crippen LogP contribution in [0.25, 0.3) is 0 Å². The van der Waals surface area contributed by atoms with E-state index in [1.807, 2.05) is 60.7 Å². The molecule has 0 saturated carbocycles. The maximum absolute atomic E-state index is 13.0. The van der Waals surface area contributed by atoms with Gasteiger partial charge in [0.25, 0.3) is 5.17 Å². The van der Waals surface area contributed by atoms with E-state index in [-0.39, 0.29) is 17.1 Å². The van der Waals surface area contributed by atoms with Crippen LogP contribution in [0.1, 0.15) is 24.2 Å². The van der Waals surface area contributed by atoms with Gasteiger partial charge in [0, 0.05) is 0 Å². The Bertz CT molecular complexity index is 735. The fourth-order valence-electron chi connectivity index (χ4n) is 3.06. The van der Waals surface area contributed by atoms with E-state index >= 15 is 0 Å². The second-order valence-electron chi connectivity index (χ2n) is 6.27. The van der Waals surface area contributed by atoms with Gasteiger partial charge >= 0.3 is 0 Å². The van der Waals surface area contributed by atoms with Crippen molar-refractivity contribution in [1.82, 2.24) is 4.90 Å². The van der Waals surface area contributed by atoms with Crippen LogP contribution in [0.4, 0.5) is 0 Å². The number of aliphatic hydroxyl groups excluding tert-OH is 1. The first kappa shape index (κ1) is 17.6. The number of carbonyl (C=O) groups excluding carboxylic acids is 1. The van der Waals surface area contributed by atoms with Crippen LogP contribution in [-0.2, 0) is 16.0 Å². The molecule has 0 spiro atoms. The Hall–Kier alpha value is -2.24. The van der Waals surface area contributed by atoms with E-state index in [9.17, 15) is 9.90 Å². The molecule has 3 atom stereocenters. The summed E-state index contributed by atoms with van der Waals surface area (Å²) in [4.78, 5) is 14.5. The van der Waals surface area contributed by atoms with Crippen LogP contribution in [-0.4, -0.2) is 33.7 Å². The summed E-state index contributed by atoms with van der Waals surface area (Å²) in [5, 5.41) is 10.7. The smallest absolute Gasteiger partial charge is 0.266 e. The molecule has 0 aromatic heterocycles. The molecule has 130 valence electrons. The van der Waals surface area contributed by atoms with E-state index in [0.717, 1.165) is 5.56 Å². The summed E-state index contributed by atoms with van der Waals surface area (Å²) in [7, 11) is 0. The fourth-order valence-corrected chi connectivity index (χ4v) is 3.37. The third-order valence-corrected chi connectivity index (χ3v) is 4.83. The molecule has 1 aliphatic heterocycles. The topological polar surface area (TPSA) is 49.8 Å². The molecule has 1 saturated heterocycles. The fraction of sp³-hybridized carbons (Fsp3) is 0.300. The van der Waals surface area contributed by atoms with E-state index in [4.69, 9.17) is 17.0 Å². The normalized spacial score (nSPS) is 19.4. The summed E-state index contributed by atoms with van der Waals surface area (Å²) in [6, 6.07) is 19.0. The van der Waals surface area contributed by atoms with Gasteiger partial charge in [-0.25, -0.2) is 0 Å². The van der Waals surface area contributed by atoms with Gasteiger partial charge in [-0.3, -0.25) is 9.69 Å². The van der Waals surface area contributed by atoms with Crippen LogP contribution < -0.4 is 0 Å². The molecular formula is C20H21NO3S. The first-order chi connectivity index (χ1) is 12.1. The van der Waals surface area contributed by atoms with Crippen molar-refractivity contribution < 1.29 is 14.6 Å². The summed E-state index contributed by atoms with van der Waals surface area (Å²) in [5.41, 5.74) is 1.84. The lowest BCUT2D eigenvalue weighted by Crippen LogP contribution is -2.44. The molecule has 0 radical (unpaired) electrons. The SMILES string of the molecule is C[C@H](C(=O)N1C(=S)OC[C@@H]1Cc1ccccc1)[C@@H](O)c1ccccc1. The third-order valence-electron chi connectivity index (χ3n) is 4.52. The molecule has 1 aliphatic rings. The molecule has 0 unspecified atom stereocenters. The minimum absolute atomic E-state index is 0.146. The number of carbonyl (C=O) groups is 1. The third kappa shape index (κ3) is 3.89. The highest BCUT2D eigenvalue weighted by Gasteiger charge is 2.39. The number of thiocarbonyl (C=S) groups is 1. The van der Waals surface area contributed by atoms with Crippen molar-refractivity contribution in [3.63, 3.8) is 0 Å². The Kier molecular flexibility index (Phi) is 5.46. The van der Waals surface area contributed by atoms with Crippen LogP contribution in [0.3, 0.4) is 0 Å². The van der Waals surface area contributed by atoms with E-state index in [0.29, 0.717) is 18.6 Å². The lowest BCUT2D eigenvalue weighted by Gasteiger charge is -2.27. The highest BCUT2D eigenvalue weighted by atomic mass is 32.1. The van der Waals surface area contributed by atoms with Crippen molar-refractivity contribution >= 4 is 23.3 Å². The Morgan fingerprint density at radius 2 is 1.80 bits per heavy atom. The minimum atomic E-state index is -0.880. The Morgan fingerprint density at radius 1 is 1.20 bits per heavy atom. The van der Waals surface area contributed by atoms with Crippen LogP contribution >= 0.6 is 12.2 Å². The number of amides is 1. The number of benzene rings is 2. The van der Waals surface area contributed by atoms with Crippen molar-refractivity contribution in [2.24, 2.45) is 5.92 Å². The Labute approximate surface area is 153 Å². The van der Waals surface area contributed by atoms with E-state index < -0.39 is 12.0 Å². The zero-order valence-corrected chi connectivity index (χ0v) is 14.9. The van der Waals surface area contributed by atoms with E-state index in [1.54, 1.807) is 6.92 Å². The quantitative estimate of drug-likeness (QED) is 0.838. The zero-order chi connectivity index (χ0) is 17.8. The number of aliphatic hydroxyl groups is 1. The molecule has 3 rings (SSSR count). The average Bonchev–Trinajstić information content (AvgIpc) is 3.01. The molecule has 0 aliphatic carbocycles. The first-order valence-electron chi connectivity index (χ1n) is 8.34. The van der Waals surface area contributed by atoms with Crippen molar-refractivity contribution in [3.8, 4) is 0 Å². The maximum Gasteiger partial charge on any atom is 0.266 e. The highest BCUT2D eigenvalue weighted by molar-refractivity contribution is 7.80. The van der Waals surface area contributed by atoms with Gasteiger partial charge in [0.1, 0.15) is 6.61 Å². The van der Waals surface area contributed by atoms with E-state index in [1.165, 1.54) is 4.90 Å². The zero-order valence-electron chi connectivity index (χ0n) is 14.0. The van der Waals surface area contributed by atoms with Crippen LogP contribution in [0.15, 0.2) is 60.7 Å². The van der Waals surface area contributed by atoms with Gasteiger partial charge < -0.3 is 9.84 Å². The average molecular weight is 355 g/mol. The van der Waals surface area contributed by atoms with Crippen molar-refractivity contribution in [3.05, 3.63) is 71.8 Å². The van der Waals surface area contributed by atoms with Crippen molar-refractivity contribution in [1.29, 1.82) is 0 Å². The molecular weight excluding hydrogens is 334 g/mol. The summed E-state index contributed by atoms with van der Waals surface area (Å²) < 4.78 is 5.46. The van der Waals surface area contributed by atoms with Crippen molar-refractivity contribution in [2.75, 3.05) is 6.61 Å². The second-order valence-corrected chi connectivity index (χ2v) is 6.62. The number of nitrogens with zero attached hydrogens (tertiary/aromatic N) is 1. The summed E-state index contributed by atoms with van der Waals surface area (Å²) in [5.74, 6) is -0.819. The molecule has 5 heteroatoms. The minimum Gasteiger partial charge on any atom is -0.468 e. The summed E-state index contributed by atoms with van der Waals surface area (Å²) in [6.45, 7) is 2.11. The molecule has 25 heavy (non-hydrogen) atoms. The molecule has 1 heterocycles. The van der Waals surface area contributed by atoms with Gasteiger partial charge in [0.05, 0.1) is 18.1 Å². The van der Waals surface area contributed by atoms with Gasteiger partial charge in [-0.15, -0.1) is 0 Å². The number of rotatable bonds is 5. The monoisotopic (exact) mass is 355 g/mol. The van der Waals surface area contributed by atoms with Gasteiger partial charge in [-0.1, -0.05) is 67.6 Å². The maximum atomic E-state index is 13.0. The number of hydrogen-bond acceptors (Lipinski definition) is 4. The van der Waals surface area contributed by atoms with Crippen molar-refractivity contribution in [2.45, 2.75) is 25.5 Å². The number of ether oxygens (including phenoxy) is 1. The predicted octanol–water partition coefficient (Wildman–Crippen LogP) is 3.11. The number of hydrogen-bond donors (Lipinski definition) is 1. The van der Waals surface area contributed by atoms with Gasteiger partial charge in [-0.2, -0.15) is 0 Å². The highest BCUT2D eigenvalue weighted by Crippen LogP contribution is 2.27. The van der Waals surface area contributed by atoms with Crippen LogP contribution in [0.5, 0.6) is 0 Å². The molecule has 4 nitrogen and oxygen atoms in total. The van der Waals surface area contributed by atoms with Crippen LogP contribution in [0.2, 0.25) is 0 Å². The van der Waals surface area contributed by atoms with E-state index in [2.05, 4.69) is 0 Å². The standard InChI is InChI=1S/C20H21NO3S/c1-14(18(22)16-10-6-3-7-11-16)19(23)21-17(13-24-20(21)25)12-15-8-4-2-5-9-15/h2-11,14,17-18,22H,12-13H2,1H3/t14-,17-,18+/m0/s1. The largest absolute Gasteiger partial charge is 0.468 e.